The predicted octanol–water partition coefficient (Wildman–Crippen LogP) is 2.53. The quantitative estimate of drug-likeness (QED) is 0.579. The third-order valence-corrected chi connectivity index (χ3v) is 2.65. The molecular weight excluding hydrogens is 240 g/mol. The summed E-state index contributed by atoms with van der Waals surface area (Å²) >= 11 is 0. The highest BCUT2D eigenvalue weighted by Crippen LogP contribution is 2.13. The summed E-state index contributed by atoms with van der Waals surface area (Å²) in [5.74, 6) is 0.995. The summed E-state index contributed by atoms with van der Waals surface area (Å²) in [6.07, 6.45) is 3.45. The molecule has 0 aliphatic rings. The third kappa shape index (κ3) is 7.47. The smallest absolute Gasteiger partial charge is 0.234 e. The van der Waals surface area contributed by atoms with Crippen LogP contribution in [-0.4, -0.2) is 31.6 Å². The van der Waals surface area contributed by atoms with Gasteiger partial charge >= 0.3 is 0 Å². The molecule has 0 radical (unpaired) electrons. The van der Waals surface area contributed by atoms with Crippen LogP contribution in [0.15, 0.2) is 24.3 Å². The van der Waals surface area contributed by atoms with Crippen molar-refractivity contribution < 1.29 is 9.53 Å². The molecule has 0 saturated heterocycles. The van der Waals surface area contributed by atoms with E-state index in [0.29, 0.717) is 13.0 Å². The number of carbonyl (C=O) groups is 1. The van der Waals surface area contributed by atoms with E-state index in [4.69, 9.17) is 4.74 Å². The van der Waals surface area contributed by atoms with Crippen LogP contribution in [0.3, 0.4) is 0 Å². The first-order chi connectivity index (χ1) is 9.08. The number of hydrogen-bond donors (Lipinski definition) is 1. The number of unbranched alkanes of at least 4 members (excludes halogenated alkanes) is 2. The molecule has 106 valence electrons. The summed E-state index contributed by atoms with van der Waals surface area (Å²) in [7, 11) is 3.63. The highest BCUT2D eigenvalue weighted by Gasteiger charge is 2.01. The van der Waals surface area contributed by atoms with Crippen LogP contribution >= 0.6 is 0 Å². The van der Waals surface area contributed by atoms with Crippen molar-refractivity contribution in [2.75, 3.05) is 20.7 Å². The molecule has 0 unspecified atom stereocenters. The van der Waals surface area contributed by atoms with Crippen LogP contribution in [0.1, 0.15) is 31.2 Å². The Hall–Kier alpha value is -1.55. The molecule has 1 amide bonds. The number of nitrogens with one attached hydrogen (secondary N) is 1. The zero-order chi connectivity index (χ0) is 14.1. The van der Waals surface area contributed by atoms with E-state index in [2.05, 4.69) is 18.4 Å². The van der Waals surface area contributed by atoms with Gasteiger partial charge in [0.25, 0.3) is 0 Å². The van der Waals surface area contributed by atoms with Gasteiger partial charge in [0.15, 0.2) is 0 Å². The molecule has 0 heterocycles. The van der Waals surface area contributed by atoms with Crippen molar-refractivity contribution in [3.63, 3.8) is 0 Å². The monoisotopic (exact) mass is 264 g/mol. The van der Waals surface area contributed by atoms with Crippen molar-refractivity contribution >= 4 is 5.91 Å². The van der Waals surface area contributed by atoms with Gasteiger partial charge in [-0.2, -0.15) is 0 Å². The van der Waals surface area contributed by atoms with E-state index in [1.165, 1.54) is 5.56 Å². The van der Waals surface area contributed by atoms with Gasteiger partial charge < -0.3 is 4.74 Å². The van der Waals surface area contributed by atoms with E-state index in [1.807, 2.05) is 32.3 Å². The fourth-order valence-corrected chi connectivity index (χ4v) is 1.76. The predicted molar refractivity (Wildman–Crippen MR) is 77.0 cm³/mol. The van der Waals surface area contributed by atoms with Crippen LogP contribution in [0.4, 0.5) is 0 Å². The first-order valence-corrected chi connectivity index (χ1v) is 6.74. The zero-order valence-electron chi connectivity index (χ0n) is 12.1. The molecular formula is C15H24N2O2. The van der Waals surface area contributed by atoms with Crippen LogP contribution < -0.4 is 10.2 Å². The standard InChI is InChI=1S/C15H24N2O2/c1-13-8-7-9-14(12-13)19-11-6-4-5-10-15(18)16-17(2)3/h7-9,12H,4-6,10-11H2,1-3H3,(H,16,18). The SMILES string of the molecule is Cc1cccc(OCCCCCC(=O)NN(C)C)c1. The zero-order valence-corrected chi connectivity index (χ0v) is 12.1. The Morgan fingerprint density at radius 1 is 1.26 bits per heavy atom. The number of hydrazine groups is 1. The Kier molecular flexibility index (Phi) is 6.97. The maximum absolute atomic E-state index is 11.4. The summed E-state index contributed by atoms with van der Waals surface area (Å²) in [4.78, 5) is 11.4. The largest absolute Gasteiger partial charge is 0.494 e. The second-order valence-electron chi connectivity index (χ2n) is 4.91. The number of rotatable bonds is 8. The number of hydrogen-bond acceptors (Lipinski definition) is 3. The van der Waals surface area contributed by atoms with Gasteiger partial charge in [0.1, 0.15) is 5.75 Å². The minimum absolute atomic E-state index is 0.0737. The maximum atomic E-state index is 11.4. The van der Waals surface area contributed by atoms with Gasteiger partial charge in [-0.25, -0.2) is 5.01 Å². The van der Waals surface area contributed by atoms with Gasteiger partial charge in [0.2, 0.25) is 5.91 Å². The molecule has 1 N–H and O–H groups in total. The maximum Gasteiger partial charge on any atom is 0.234 e. The molecule has 4 heteroatoms. The molecule has 0 fully saturated rings. The number of aryl methyl sites for hydroxylation is 1. The topological polar surface area (TPSA) is 41.6 Å². The van der Waals surface area contributed by atoms with Gasteiger partial charge in [-0.1, -0.05) is 12.1 Å². The fourth-order valence-electron chi connectivity index (χ4n) is 1.76. The number of amides is 1. The average Bonchev–Trinajstić information content (AvgIpc) is 2.32. The summed E-state index contributed by atoms with van der Waals surface area (Å²) in [5, 5.41) is 1.67. The minimum atomic E-state index is 0.0737. The van der Waals surface area contributed by atoms with Crippen molar-refractivity contribution in [3.05, 3.63) is 29.8 Å². The lowest BCUT2D eigenvalue weighted by Crippen LogP contribution is -2.35. The van der Waals surface area contributed by atoms with Crippen molar-refractivity contribution in [1.29, 1.82) is 0 Å². The van der Waals surface area contributed by atoms with Crippen LogP contribution in [0.5, 0.6) is 5.75 Å². The van der Waals surface area contributed by atoms with Gasteiger partial charge in [-0.15, -0.1) is 0 Å². The molecule has 0 atom stereocenters. The lowest BCUT2D eigenvalue weighted by atomic mass is 10.2. The molecule has 19 heavy (non-hydrogen) atoms. The van der Waals surface area contributed by atoms with E-state index in [-0.39, 0.29) is 5.91 Å². The Bertz CT molecular complexity index is 391. The molecule has 1 aromatic rings. The number of ether oxygens (including phenoxy) is 1. The van der Waals surface area contributed by atoms with Crippen LogP contribution in [0.2, 0.25) is 0 Å². The van der Waals surface area contributed by atoms with E-state index >= 15 is 0 Å². The van der Waals surface area contributed by atoms with E-state index in [9.17, 15) is 4.79 Å². The van der Waals surface area contributed by atoms with Crippen LogP contribution in [0.25, 0.3) is 0 Å². The Morgan fingerprint density at radius 2 is 2.05 bits per heavy atom. The molecule has 1 rings (SSSR count). The highest BCUT2D eigenvalue weighted by atomic mass is 16.5. The normalized spacial score (nSPS) is 10.5. The van der Waals surface area contributed by atoms with E-state index in [1.54, 1.807) is 5.01 Å². The van der Waals surface area contributed by atoms with E-state index < -0.39 is 0 Å². The molecule has 1 aromatic carbocycles. The second-order valence-corrected chi connectivity index (χ2v) is 4.91. The Morgan fingerprint density at radius 3 is 2.74 bits per heavy atom. The lowest BCUT2D eigenvalue weighted by Gasteiger charge is -2.11. The first-order valence-electron chi connectivity index (χ1n) is 6.74. The molecule has 0 bridgehead atoms. The molecule has 0 aliphatic heterocycles. The lowest BCUT2D eigenvalue weighted by molar-refractivity contribution is -0.124. The van der Waals surface area contributed by atoms with Gasteiger partial charge in [0.05, 0.1) is 6.61 Å². The summed E-state index contributed by atoms with van der Waals surface area (Å²) in [5.41, 5.74) is 3.94. The minimum Gasteiger partial charge on any atom is -0.494 e. The summed E-state index contributed by atoms with van der Waals surface area (Å²) < 4.78 is 5.65. The molecule has 0 aromatic heterocycles. The third-order valence-electron chi connectivity index (χ3n) is 2.65. The number of benzene rings is 1. The molecule has 0 aliphatic carbocycles. The second kappa shape index (κ2) is 8.53. The van der Waals surface area contributed by atoms with Crippen LogP contribution in [0, 0.1) is 6.92 Å². The van der Waals surface area contributed by atoms with Gasteiger partial charge in [-0.3, -0.25) is 10.2 Å². The van der Waals surface area contributed by atoms with Gasteiger partial charge in [0, 0.05) is 20.5 Å². The number of carbonyl (C=O) groups excluding carboxylic acids is 1. The van der Waals surface area contributed by atoms with Crippen molar-refractivity contribution in [2.45, 2.75) is 32.6 Å². The van der Waals surface area contributed by atoms with E-state index in [0.717, 1.165) is 25.0 Å². The highest BCUT2D eigenvalue weighted by molar-refractivity contribution is 5.75. The first kappa shape index (κ1) is 15.5. The molecule has 0 spiro atoms. The van der Waals surface area contributed by atoms with Gasteiger partial charge in [-0.05, 0) is 43.9 Å². The summed E-state index contributed by atoms with van der Waals surface area (Å²) in [6.45, 7) is 2.76. The van der Waals surface area contributed by atoms with Crippen molar-refractivity contribution in [1.82, 2.24) is 10.4 Å². The van der Waals surface area contributed by atoms with Crippen molar-refractivity contribution in [3.8, 4) is 5.75 Å². The Balaban J connectivity index is 2.04. The summed E-state index contributed by atoms with van der Waals surface area (Å²) in [6, 6.07) is 8.05. The van der Waals surface area contributed by atoms with Crippen molar-refractivity contribution in [2.24, 2.45) is 0 Å². The average molecular weight is 264 g/mol. The number of nitrogens with zero attached hydrogens (tertiary/aromatic N) is 1. The fraction of sp³-hybridized carbons (Fsp3) is 0.533. The van der Waals surface area contributed by atoms with Crippen LogP contribution in [-0.2, 0) is 4.79 Å². The molecule has 0 saturated carbocycles. The Labute approximate surface area is 115 Å². The molecule has 4 nitrogen and oxygen atoms in total.